The second-order valence-corrected chi connectivity index (χ2v) is 22.1. The number of nitro groups is 1. The van der Waals surface area contributed by atoms with E-state index in [0.29, 0.717) is 41.4 Å². The number of aliphatic hydroxyl groups excluding tert-OH is 2. The van der Waals surface area contributed by atoms with Gasteiger partial charge < -0.3 is 34.0 Å². The Balaban J connectivity index is 1.17. The van der Waals surface area contributed by atoms with E-state index in [2.05, 4.69) is 68.1 Å². The molecule has 1 fully saturated rings. The van der Waals surface area contributed by atoms with Gasteiger partial charge in [-0.05, 0) is 125 Å². The number of allylic oxidation sites excluding steroid dienone is 1. The van der Waals surface area contributed by atoms with Gasteiger partial charge in [-0.3, -0.25) is 15.0 Å². The summed E-state index contributed by atoms with van der Waals surface area (Å²) >= 11 is 0. The summed E-state index contributed by atoms with van der Waals surface area (Å²) in [5.74, 6) is -0.522. The zero-order valence-electron chi connectivity index (χ0n) is 47.1. The quantitative estimate of drug-likeness (QED) is 0.0185. The van der Waals surface area contributed by atoms with Gasteiger partial charge in [-0.15, -0.1) is 6.58 Å². The minimum absolute atomic E-state index is 0.00570. The van der Waals surface area contributed by atoms with Crippen LogP contribution in [0.25, 0.3) is 21.5 Å². The zero-order chi connectivity index (χ0) is 56.4. The third-order valence-corrected chi connectivity index (χ3v) is 16.7. The second kappa shape index (κ2) is 29.1. The van der Waals surface area contributed by atoms with E-state index in [1.807, 2.05) is 54.6 Å². The molecule has 1 heterocycles. The van der Waals surface area contributed by atoms with Gasteiger partial charge in [0.05, 0.1) is 36.3 Å². The molecule has 6 aromatic carbocycles. The maximum atomic E-state index is 15.5. The molecule has 6 unspecified atom stereocenters. The molecule has 0 bridgehead atoms. The van der Waals surface area contributed by atoms with Crippen molar-refractivity contribution in [3.63, 3.8) is 0 Å². The molecule has 3 aliphatic rings. The predicted octanol–water partition coefficient (Wildman–Crippen LogP) is 16.1. The molecular weight excluding hydrogens is 1020 g/mol. The molecule has 6 atom stereocenters. The fourth-order valence-electron chi connectivity index (χ4n) is 12.7. The molecule has 1 amide bonds. The molecule has 0 spiro atoms. The van der Waals surface area contributed by atoms with Crippen LogP contribution < -0.4 is 9.47 Å². The number of unbranched alkanes of at least 4 members (excludes halogenated alkanes) is 11. The molecule has 0 radical (unpaired) electrons. The molecular formula is C68H81N3O10. The normalized spacial score (nSPS) is 20.5. The van der Waals surface area contributed by atoms with Crippen LogP contribution in [0.4, 0.5) is 10.5 Å². The molecule has 6 aromatic rings. The summed E-state index contributed by atoms with van der Waals surface area (Å²) in [5.41, 5.74) is 4.03. The summed E-state index contributed by atoms with van der Waals surface area (Å²) in [4.78, 5) is 34.8. The lowest BCUT2D eigenvalue weighted by Gasteiger charge is -2.60. The molecule has 2 N–H and O–H groups in total. The Morgan fingerprint density at radius 2 is 1.46 bits per heavy atom. The number of non-ortho nitro benzene ring substituents is 1. The Hall–Kier alpha value is -7.06. The van der Waals surface area contributed by atoms with Gasteiger partial charge in [0.1, 0.15) is 29.9 Å². The van der Waals surface area contributed by atoms with Crippen molar-refractivity contribution in [3.05, 3.63) is 179 Å². The van der Waals surface area contributed by atoms with E-state index in [1.165, 1.54) is 50.7 Å². The summed E-state index contributed by atoms with van der Waals surface area (Å²) in [6, 6.07) is 40.0. The van der Waals surface area contributed by atoms with Gasteiger partial charge in [0, 0.05) is 43.2 Å². The first kappa shape index (κ1) is 58.6. The molecule has 428 valence electrons. The van der Waals surface area contributed by atoms with Gasteiger partial charge in [-0.25, -0.2) is 4.79 Å². The van der Waals surface area contributed by atoms with Crippen molar-refractivity contribution in [2.24, 2.45) is 22.9 Å². The standard InChI is InChI=1S/C68H81N3O10/c1-3-5-6-7-8-9-10-11-12-21-42-77-67(74)70(47-54-28-22-27-51-24-15-16-29-58(51)54)64-46-62(69-79-48-49-31-34-55(35-32-49)71(75)76)60-44-53(26-17-19-39-72)59(30-18-20-40-73)65-61-45-57(80-56-36-33-50-23-13-14-25-52(50)43-56)37-38-63(61)81-68(64,66(60)65)78-41-4-2/h4,13-16,22-25,27-29,31-38,43-45,53,59,64-66,72-73H,2-3,5-12,17-21,26,30,39-42,46-48H2,1H3. The smallest absolute Gasteiger partial charge is 0.410 e. The van der Waals surface area contributed by atoms with Crippen molar-refractivity contribution in [2.75, 3.05) is 26.4 Å². The summed E-state index contributed by atoms with van der Waals surface area (Å²) in [7, 11) is 0. The third-order valence-electron chi connectivity index (χ3n) is 16.7. The lowest BCUT2D eigenvalue weighted by molar-refractivity contribution is -0.384. The van der Waals surface area contributed by atoms with Crippen molar-refractivity contribution in [1.82, 2.24) is 4.90 Å². The van der Waals surface area contributed by atoms with Crippen molar-refractivity contribution >= 4 is 39.0 Å². The maximum Gasteiger partial charge on any atom is 0.410 e. The van der Waals surface area contributed by atoms with Crippen LogP contribution in [0.1, 0.15) is 139 Å². The molecule has 1 saturated carbocycles. The molecule has 81 heavy (non-hydrogen) atoms. The average molecular weight is 1100 g/mol. The van der Waals surface area contributed by atoms with Crippen LogP contribution in [0.5, 0.6) is 17.2 Å². The van der Waals surface area contributed by atoms with E-state index in [-0.39, 0.29) is 69.4 Å². The number of nitro benzene ring substituents is 1. The lowest BCUT2D eigenvalue weighted by atomic mass is 9.55. The fourth-order valence-corrected chi connectivity index (χ4v) is 12.7. The monoisotopic (exact) mass is 1100 g/mol. The number of hydrogen-bond acceptors (Lipinski definition) is 11. The first-order valence-electron chi connectivity index (χ1n) is 29.8. The van der Waals surface area contributed by atoms with Crippen molar-refractivity contribution < 1.29 is 43.7 Å². The van der Waals surface area contributed by atoms with Crippen LogP contribution in [-0.4, -0.2) is 70.1 Å². The number of benzene rings is 6. The van der Waals surface area contributed by atoms with E-state index < -0.39 is 28.8 Å². The number of carbonyl (C=O) groups is 1. The Kier molecular flexibility index (Phi) is 21.0. The number of fused-ring (bicyclic) bond motifs is 4. The zero-order valence-corrected chi connectivity index (χ0v) is 47.1. The highest BCUT2D eigenvalue weighted by Gasteiger charge is 2.66. The molecule has 0 aromatic heterocycles. The molecule has 13 nitrogen and oxygen atoms in total. The number of oxime groups is 1. The fraction of sp³-hybridized carbons (Fsp3) is 0.441. The van der Waals surface area contributed by atoms with Crippen LogP contribution in [0.15, 0.2) is 157 Å². The van der Waals surface area contributed by atoms with Crippen LogP contribution in [-0.2, 0) is 27.5 Å². The minimum Gasteiger partial charge on any atom is -0.459 e. The van der Waals surface area contributed by atoms with E-state index >= 15 is 4.79 Å². The Morgan fingerprint density at radius 1 is 0.778 bits per heavy atom. The van der Waals surface area contributed by atoms with Crippen molar-refractivity contribution in [1.29, 1.82) is 0 Å². The summed E-state index contributed by atoms with van der Waals surface area (Å²) in [6.45, 7) is 7.05. The van der Waals surface area contributed by atoms with Gasteiger partial charge in [0.2, 0.25) is 5.79 Å². The van der Waals surface area contributed by atoms with Crippen LogP contribution >= 0.6 is 0 Å². The number of ether oxygens (including phenoxy) is 4. The van der Waals surface area contributed by atoms with Crippen molar-refractivity contribution in [3.8, 4) is 17.2 Å². The third kappa shape index (κ3) is 14.3. The molecule has 9 rings (SSSR count). The highest BCUT2D eigenvalue weighted by Crippen LogP contribution is 2.62. The van der Waals surface area contributed by atoms with Crippen LogP contribution in [0, 0.1) is 27.9 Å². The number of hydrogen-bond donors (Lipinski definition) is 2. The second-order valence-electron chi connectivity index (χ2n) is 22.1. The molecule has 0 saturated heterocycles. The SMILES string of the molecule is C=CCOC12Oc3ccc(Oc4ccc5ccccc5c4)cc3C3C(CCCCO)C(CCCCO)C=C(C(=NOCc4ccc([N+](=O)[O-])cc4)CC1N(Cc1cccc4ccccc14)C(=O)OCCCCCCCCCCCC)C32. The number of nitrogens with zero attached hydrogens (tertiary/aromatic N) is 3. The van der Waals surface area contributed by atoms with Gasteiger partial charge in [-0.2, -0.15) is 0 Å². The molecule has 1 aliphatic heterocycles. The summed E-state index contributed by atoms with van der Waals surface area (Å²) in [5, 5.41) is 41.2. The maximum absolute atomic E-state index is 15.5. The topological polar surface area (TPSA) is 162 Å². The van der Waals surface area contributed by atoms with Crippen LogP contribution in [0.2, 0.25) is 0 Å². The summed E-state index contributed by atoms with van der Waals surface area (Å²) < 4.78 is 28.1. The highest BCUT2D eigenvalue weighted by molar-refractivity contribution is 6.03. The van der Waals surface area contributed by atoms with E-state index in [1.54, 1.807) is 23.1 Å². The van der Waals surface area contributed by atoms with E-state index in [9.17, 15) is 20.3 Å². The van der Waals surface area contributed by atoms with Gasteiger partial charge >= 0.3 is 6.09 Å². The Morgan fingerprint density at radius 3 is 2.20 bits per heavy atom. The number of carbonyl (C=O) groups excluding carboxylic acids is 1. The van der Waals surface area contributed by atoms with Crippen molar-refractivity contribution in [2.45, 2.75) is 147 Å². The first-order valence-corrected chi connectivity index (χ1v) is 29.8. The largest absolute Gasteiger partial charge is 0.459 e. The van der Waals surface area contributed by atoms with E-state index in [4.69, 9.17) is 28.9 Å². The van der Waals surface area contributed by atoms with Crippen LogP contribution in [0.3, 0.4) is 0 Å². The Bertz CT molecular complexity index is 3100. The highest BCUT2D eigenvalue weighted by atomic mass is 16.7. The van der Waals surface area contributed by atoms with Gasteiger partial charge in [-0.1, -0.05) is 168 Å². The molecule has 13 heteroatoms. The lowest BCUT2D eigenvalue weighted by Crippen LogP contribution is -2.70. The number of rotatable bonds is 31. The predicted molar refractivity (Wildman–Crippen MR) is 320 cm³/mol. The van der Waals surface area contributed by atoms with Gasteiger partial charge in [0.15, 0.2) is 0 Å². The minimum atomic E-state index is -1.54. The average Bonchev–Trinajstić information content (AvgIpc) is 1.81. The van der Waals surface area contributed by atoms with Gasteiger partial charge in [0.25, 0.3) is 5.69 Å². The molecule has 2 aliphatic carbocycles. The number of amides is 1. The first-order chi connectivity index (χ1) is 39.7. The Labute approximate surface area is 477 Å². The van der Waals surface area contributed by atoms with E-state index in [0.717, 1.165) is 89.6 Å². The number of aliphatic hydroxyl groups is 2. The summed E-state index contributed by atoms with van der Waals surface area (Å²) in [6.07, 6.45) is 19.5.